The van der Waals surface area contributed by atoms with Crippen LogP contribution >= 0.6 is 0 Å². The van der Waals surface area contributed by atoms with Crippen LogP contribution in [-0.2, 0) is 0 Å². The molecule has 9 heteroatoms. The summed E-state index contributed by atoms with van der Waals surface area (Å²) in [6.07, 6.45) is 4.13. The van der Waals surface area contributed by atoms with Gasteiger partial charge >= 0.3 is 0 Å². The number of aryl methyl sites for hydroxylation is 1. The molecule has 0 aliphatic heterocycles. The van der Waals surface area contributed by atoms with Gasteiger partial charge in [0.05, 0.1) is 31.4 Å². The molecule has 2 aromatic carbocycles. The molecule has 1 fully saturated rings. The lowest BCUT2D eigenvalue weighted by Gasteiger charge is -2.20. The van der Waals surface area contributed by atoms with Crippen molar-refractivity contribution in [2.45, 2.75) is 44.7 Å². The van der Waals surface area contributed by atoms with Crippen molar-refractivity contribution < 1.29 is 19.4 Å². The van der Waals surface area contributed by atoms with Crippen molar-refractivity contribution >= 4 is 17.6 Å². The molecule has 0 radical (unpaired) electrons. The molecule has 1 heterocycles. The van der Waals surface area contributed by atoms with E-state index in [1.165, 1.54) is 7.11 Å². The molecule has 2 amide bonds. The van der Waals surface area contributed by atoms with Crippen LogP contribution in [0.2, 0.25) is 0 Å². The van der Waals surface area contributed by atoms with Crippen LogP contribution in [-0.4, -0.2) is 40.4 Å². The molecule has 35 heavy (non-hydrogen) atoms. The van der Waals surface area contributed by atoms with Crippen molar-refractivity contribution in [2.75, 3.05) is 19.5 Å². The van der Waals surface area contributed by atoms with E-state index in [1.807, 2.05) is 19.1 Å². The number of hydrogen-bond donors (Lipinski definition) is 4. The van der Waals surface area contributed by atoms with E-state index in [2.05, 4.69) is 10.4 Å². The number of aliphatic hydroxyl groups is 1. The predicted molar refractivity (Wildman–Crippen MR) is 133 cm³/mol. The van der Waals surface area contributed by atoms with Crippen LogP contribution in [0.1, 0.15) is 69.6 Å². The van der Waals surface area contributed by atoms with Crippen LogP contribution in [0.15, 0.2) is 42.5 Å². The summed E-state index contributed by atoms with van der Waals surface area (Å²) in [4.78, 5) is 25.1. The maximum absolute atomic E-state index is 12.9. The molecule has 1 aliphatic rings. The van der Waals surface area contributed by atoms with E-state index in [0.29, 0.717) is 28.4 Å². The Labute approximate surface area is 204 Å². The summed E-state index contributed by atoms with van der Waals surface area (Å²) in [5, 5.41) is 17.6. The van der Waals surface area contributed by atoms with Crippen LogP contribution in [0.3, 0.4) is 0 Å². The Balaban J connectivity index is 1.65. The molecule has 184 valence electrons. The highest BCUT2D eigenvalue weighted by Crippen LogP contribution is 2.36. The van der Waals surface area contributed by atoms with E-state index in [9.17, 15) is 14.7 Å². The van der Waals surface area contributed by atoms with Crippen molar-refractivity contribution in [3.8, 4) is 17.0 Å². The average Bonchev–Trinajstić information content (AvgIpc) is 3.50. The summed E-state index contributed by atoms with van der Waals surface area (Å²) in [5.41, 5.74) is 15.2. The van der Waals surface area contributed by atoms with Crippen molar-refractivity contribution in [1.29, 1.82) is 0 Å². The molecule has 1 atom stereocenters. The van der Waals surface area contributed by atoms with Gasteiger partial charge in [-0.2, -0.15) is 5.10 Å². The lowest BCUT2D eigenvalue weighted by molar-refractivity contribution is 0.0912. The summed E-state index contributed by atoms with van der Waals surface area (Å²) in [7, 11) is 1.50. The Morgan fingerprint density at radius 3 is 2.57 bits per heavy atom. The number of carbonyl (C=O) groups is 2. The van der Waals surface area contributed by atoms with Crippen molar-refractivity contribution in [3.63, 3.8) is 0 Å². The zero-order valence-corrected chi connectivity index (χ0v) is 20.0. The topological polar surface area (TPSA) is 145 Å². The number of anilines is 1. The second kappa shape index (κ2) is 10.2. The highest BCUT2D eigenvalue weighted by Gasteiger charge is 2.27. The average molecular weight is 478 g/mol. The third-order valence-corrected chi connectivity index (χ3v) is 6.62. The van der Waals surface area contributed by atoms with Gasteiger partial charge in [0.2, 0.25) is 0 Å². The minimum absolute atomic E-state index is 0.158. The lowest BCUT2D eigenvalue weighted by Crippen LogP contribution is -2.31. The van der Waals surface area contributed by atoms with Gasteiger partial charge in [0.15, 0.2) is 0 Å². The fraction of sp³-hybridized carbons (Fsp3) is 0.346. The summed E-state index contributed by atoms with van der Waals surface area (Å²) >= 11 is 0. The Morgan fingerprint density at radius 1 is 1.23 bits per heavy atom. The number of para-hydroxylation sites is 1. The van der Waals surface area contributed by atoms with Gasteiger partial charge in [-0.3, -0.25) is 9.59 Å². The number of nitrogen functional groups attached to an aromatic ring is 1. The van der Waals surface area contributed by atoms with Crippen molar-refractivity contribution in [1.82, 2.24) is 15.1 Å². The van der Waals surface area contributed by atoms with E-state index in [1.54, 1.807) is 35.0 Å². The Bertz CT molecular complexity index is 1250. The highest BCUT2D eigenvalue weighted by molar-refractivity contribution is 6.03. The highest BCUT2D eigenvalue weighted by atomic mass is 16.5. The van der Waals surface area contributed by atoms with Crippen molar-refractivity contribution in [3.05, 3.63) is 64.7 Å². The molecule has 6 N–H and O–H groups in total. The normalized spacial score (nSPS) is 14.6. The number of aliphatic hydroxyl groups excluding tert-OH is 1. The molecular formula is C26H31N5O4. The minimum atomic E-state index is -0.641. The molecule has 3 aromatic rings. The molecule has 1 aromatic heterocycles. The van der Waals surface area contributed by atoms with Crippen LogP contribution in [0.5, 0.6) is 5.75 Å². The smallest absolute Gasteiger partial charge is 0.255 e. The Morgan fingerprint density at radius 2 is 1.94 bits per heavy atom. The second-order valence-corrected chi connectivity index (χ2v) is 8.84. The molecular weight excluding hydrogens is 446 g/mol. The number of amides is 2. The van der Waals surface area contributed by atoms with Gasteiger partial charge < -0.3 is 26.6 Å². The van der Waals surface area contributed by atoms with Crippen LogP contribution in [0.25, 0.3) is 11.3 Å². The lowest BCUT2D eigenvalue weighted by atomic mass is 9.96. The molecule has 9 nitrogen and oxygen atoms in total. The number of carbonyl (C=O) groups excluding carboxylic acids is 2. The van der Waals surface area contributed by atoms with Gasteiger partial charge in [-0.05, 0) is 49.1 Å². The molecule has 0 bridgehead atoms. The summed E-state index contributed by atoms with van der Waals surface area (Å²) < 4.78 is 7.01. The molecule has 1 aliphatic carbocycles. The summed E-state index contributed by atoms with van der Waals surface area (Å²) in [6, 6.07) is 11.9. The molecule has 0 saturated heterocycles. The third-order valence-electron chi connectivity index (χ3n) is 6.62. The maximum Gasteiger partial charge on any atom is 0.255 e. The zero-order valence-electron chi connectivity index (χ0n) is 20.0. The zero-order chi connectivity index (χ0) is 25.1. The van der Waals surface area contributed by atoms with Gasteiger partial charge in [-0.15, -0.1) is 0 Å². The second-order valence-electron chi connectivity index (χ2n) is 8.84. The molecule has 1 saturated carbocycles. The summed E-state index contributed by atoms with van der Waals surface area (Å²) in [6.45, 7) is 1.58. The molecule has 1 unspecified atom stereocenters. The number of ether oxygens (including phenoxy) is 1. The Hall–Kier alpha value is -3.85. The fourth-order valence-electron chi connectivity index (χ4n) is 4.82. The quantitative estimate of drug-likeness (QED) is 0.392. The predicted octanol–water partition coefficient (Wildman–Crippen LogP) is 3.13. The third kappa shape index (κ3) is 4.72. The van der Waals surface area contributed by atoms with Gasteiger partial charge in [-0.25, -0.2) is 4.68 Å². The standard InChI is InChI=1S/C26H31N5O4/c1-15-13-16(23-22(25(28)33)24(27)31(30-23)17-7-3-4-8-17)11-12-18(15)20(14-32)29-26(34)19-9-5-6-10-21(19)35-2/h5-6,9-13,17,20,32H,3-4,7-8,14,27H2,1-2H3,(H2,28,33)(H,29,34). The first-order valence-corrected chi connectivity index (χ1v) is 11.7. The number of nitrogens with two attached hydrogens (primary N) is 2. The maximum atomic E-state index is 12.9. The Kier molecular flexibility index (Phi) is 7.07. The van der Waals surface area contributed by atoms with E-state index in [4.69, 9.17) is 16.2 Å². The van der Waals surface area contributed by atoms with Crippen LogP contribution < -0.4 is 21.5 Å². The van der Waals surface area contributed by atoms with E-state index in [0.717, 1.165) is 36.8 Å². The number of methoxy groups -OCH3 is 1. The van der Waals surface area contributed by atoms with E-state index >= 15 is 0 Å². The fourth-order valence-corrected chi connectivity index (χ4v) is 4.82. The van der Waals surface area contributed by atoms with E-state index < -0.39 is 11.9 Å². The number of benzene rings is 2. The number of nitrogens with zero attached hydrogens (tertiary/aromatic N) is 2. The minimum Gasteiger partial charge on any atom is -0.496 e. The number of rotatable bonds is 8. The first-order chi connectivity index (χ1) is 16.8. The van der Waals surface area contributed by atoms with Crippen LogP contribution in [0.4, 0.5) is 5.82 Å². The van der Waals surface area contributed by atoms with Gasteiger partial charge in [0.25, 0.3) is 11.8 Å². The van der Waals surface area contributed by atoms with Gasteiger partial charge in [-0.1, -0.05) is 37.1 Å². The van der Waals surface area contributed by atoms with Gasteiger partial charge in [0, 0.05) is 5.56 Å². The summed E-state index contributed by atoms with van der Waals surface area (Å²) in [5.74, 6) is -0.244. The first-order valence-electron chi connectivity index (χ1n) is 11.7. The van der Waals surface area contributed by atoms with Gasteiger partial charge in [0.1, 0.15) is 22.8 Å². The number of nitrogens with one attached hydrogen (secondary N) is 1. The monoisotopic (exact) mass is 477 g/mol. The number of hydrogen-bond acceptors (Lipinski definition) is 6. The van der Waals surface area contributed by atoms with Crippen molar-refractivity contribution in [2.24, 2.45) is 5.73 Å². The molecule has 0 spiro atoms. The first kappa shape index (κ1) is 24.3. The SMILES string of the molecule is COc1ccccc1C(=O)NC(CO)c1ccc(-c2nn(C3CCCC3)c(N)c2C(N)=O)cc1C. The molecule has 4 rings (SSSR count). The largest absolute Gasteiger partial charge is 0.496 e. The van der Waals surface area contributed by atoms with Crippen LogP contribution in [0, 0.1) is 6.92 Å². The van der Waals surface area contributed by atoms with E-state index in [-0.39, 0.29) is 24.1 Å². The number of aromatic nitrogens is 2. The number of primary amides is 1.